The number of aromatic nitrogens is 3. The van der Waals surface area contributed by atoms with Crippen LogP contribution in [0.5, 0.6) is 0 Å². The Balaban J connectivity index is 1.72. The molecule has 1 aromatic carbocycles. The van der Waals surface area contributed by atoms with Crippen LogP contribution in [0.4, 0.5) is 4.39 Å². The predicted octanol–water partition coefficient (Wildman–Crippen LogP) is 3.50. The van der Waals surface area contributed by atoms with E-state index in [-0.39, 0.29) is 17.5 Å². The molecule has 0 radical (unpaired) electrons. The summed E-state index contributed by atoms with van der Waals surface area (Å²) < 4.78 is 15.9. The normalized spacial score (nSPS) is 17.6. The monoisotopic (exact) mass is 344 g/mol. The quantitative estimate of drug-likeness (QED) is 0.715. The van der Waals surface area contributed by atoms with Crippen LogP contribution in [0.2, 0.25) is 5.02 Å². The number of amides is 1. The van der Waals surface area contributed by atoms with Gasteiger partial charge in [-0.15, -0.1) is 10.2 Å². The second kappa shape index (κ2) is 5.87. The molecule has 1 aliphatic heterocycles. The average molecular weight is 345 g/mol. The maximum atomic E-state index is 14.1. The largest absolute Gasteiger partial charge is 0.328 e. The minimum absolute atomic E-state index is 0.0109. The van der Waals surface area contributed by atoms with Gasteiger partial charge >= 0.3 is 0 Å². The molecule has 3 aromatic rings. The number of hydrogen-bond acceptors (Lipinski definition) is 3. The second-order valence-corrected chi connectivity index (χ2v) is 6.20. The number of likely N-dealkylation sites (tertiary alicyclic amines) is 1. The van der Waals surface area contributed by atoms with E-state index in [9.17, 15) is 9.18 Å². The van der Waals surface area contributed by atoms with Crippen molar-refractivity contribution in [3.8, 4) is 0 Å². The van der Waals surface area contributed by atoms with E-state index >= 15 is 0 Å². The van der Waals surface area contributed by atoms with Gasteiger partial charge in [-0.1, -0.05) is 17.7 Å². The van der Waals surface area contributed by atoms with Gasteiger partial charge in [-0.25, -0.2) is 4.39 Å². The van der Waals surface area contributed by atoms with Crippen molar-refractivity contribution in [3.63, 3.8) is 0 Å². The van der Waals surface area contributed by atoms with Gasteiger partial charge in [0.05, 0.1) is 11.6 Å². The molecule has 0 spiro atoms. The molecule has 0 unspecified atom stereocenters. The van der Waals surface area contributed by atoms with Crippen molar-refractivity contribution < 1.29 is 9.18 Å². The van der Waals surface area contributed by atoms with Gasteiger partial charge in [-0.2, -0.15) is 0 Å². The Hall–Kier alpha value is -2.47. The molecule has 24 heavy (non-hydrogen) atoms. The van der Waals surface area contributed by atoms with E-state index in [1.165, 1.54) is 18.2 Å². The van der Waals surface area contributed by atoms with Crippen molar-refractivity contribution in [3.05, 3.63) is 64.8 Å². The molecular formula is C17H14ClFN4O. The molecule has 4 rings (SSSR count). The van der Waals surface area contributed by atoms with Crippen molar-refractivity contribution in [2.75, 3.05) is 6.54 Å². The lowest BCUT2D eigenvalue weighted by atomic mass is 10.1. The van der Waals surface area contributed by atoms with Crippen LogP contribution < -0.4 is 0 Å². The van der Waals surface area contributed by atoms with Gasteiger partial charge in [0.25, 0.3) is 5.91 Å². The average Bonchev–Trinajstić information content (AvgIpc) is 3.22. The Bertz CT molecular complexity index is 926. The van der Waals surface area contributed by atoms with Crippen LogP contribution in [0.15, 0.2) is 42.6 Å². The summed E-state index contributed by atoms with van der Waals surface area (Å²) in [6, 6.07) is 9.41. The van der Waals surface area contributed by atoms with Crippen molar-refractivity contribution in [1.82, 2.24) is 19.5 Å². The van der Waals surface area contributed by atoms with Crippen LogP contribution in [0.25, 0.3) is 5.65 Å². The van der Waals surface area contributed by atoms with Crippen LogP contribution in [-0.4, -0.2) is 31.9 Å². The number of pyridine rings is 1. The minimum atomic E-state index is -0.568. The molecule has 5 nitrogen and oxygen atoms in total. The van der Waals surface area contributed by atoms with Crippen molar-refractivity contribution >= 4 is 23.2 Å². The summed E-state index contributed by atoms with van der Waals surface area (Å²) in [5, 5.41) is 8.72. The maximum absolute atomic E-state index is 14.1. The standard InChI is InChI=1S/C17H14ClFN4O/c18-11-6-7-13(19)12(10-11)17(24)22-9-3-4-14(22)16-21-20-15-5-1-2-8-23(15)16/h1-2,5-8,10,14H,3-4,9H2/t14-/m1/s1. The zero-order valence-electron chi connectivity index (χ0n) is 12.7. The minimum Gasteiger partial charge on any atom is -0.328 e. The lowest BCUT2D eigenvalue weighted by Gasteiger charge is -2.23. The highest BCUT2D eigenvalue weighted by Crippen LogP contribution is 2.33. The molecular weight excluding hydrogens is 331 g/mol. The molecule has 3 heterocycles. The second-order valence-electron chi connectivity index (χ2n) is 5.77. The molecule has 0 saturated carbocycles. The number of rotatable bonds is 2. The number of nitrogens with zero attached hydrogens (tertiary/aromatic N) is 4. The number of hydrogen-bond donors (Lipinski definition) is 0. The third-order valence-corrected chi connectivity index (χ3v) is 4.55. The number of benzene rings is 1. The van der Waals surface area contributed by atoms with E-state index in [2.05, 4.69) is 10.2 Å². The first-order chi connectivity index (χ1) is 11.6. The Morgan fingerprint density at radius 3 is 3.00 bits per heavy atom. The number of halogens is 2. The molecule has 1 amide bonds. The molecule has 7 heteroatoms. The van der Waals surface area contributed by atoms with Gasteiger partial charge in [0.1, 0.15) is 5.82 Å². The highest BCUT2D eigenvalue weighted by molar-refractivity contribution is 6.31. The number of carbonyl (C=O) groups is 1. The summed E-state index contributed by atoms with van der Waals surface area (Å²) in [5.74, 6) is -0.245. The van der Waals surface area contributed by atoms with Crippen LogP contribution in [0.1, 0.15) is 35.1 Å². The van der Waals surface area contributed by atoms with E-state index in [0.29, 0.717) is 17.4 Å². The van der Waals surface area contributed by atoms with Crippen LogP contribution >= 0.6 is 11.6 Å². The Morgan fingerprint density at radius 2 is 2.12 bits per heavy atom. The first-order valence-electron chi connectivity index (χ1n) is 7.71. The van der Waals surface area contributed by atoms with Crippen molar-refractivity contribution in [2.45, 2.75) is 18.9 Å². The lowest BCUT2D eigenvalue weighted by molar-refractivity contribution is 0.0724. The van der Waals surface area contributed by atoms with Crippen LogP contribution in [0, 0.1) is 5.82 Å². The smallest absolute Gasteiger partial charge is 0.257 e. The summed E-state index contributed by atoms with van der Waals surface area (Å²) in [6.07, 6.45) is 3.47. The summed E-state index contributed by atoms with van der Waals surface area (Å²) in [5.41, 5.74) is 0.712. The van der Waals surface area contributed by atoms with Crippen molar-refractivity contribution in [2.24, 2.45) is 0 Å². The Morgan fingerprint density at radius 1 is 1.25 bits per heavy atom. The first kappa shape index (κ1) is 15.1. The topological polar surface area (TPSA) is 50.5 Å². The number of fused-ring (bicyclic) bond motifs is 1. The van der Waals surface area contributed by atoms with Gasteiger partial charge < -0.3 is 4.90 Å². The summed E-state index contributed by atoms with van der Waals surface area (Å²) >= 11 is 5.92. The molecule has 1 aliphatic rings. The molecule has 2 aromatic heterocycles. The molecule has 1 saturated heterocycles. The van der Waals surface area contributed by atoms with Gasteiger partial charge in [0.15, 0.2) is 11.5 Å². The molecule has 0 aliphatic carbocycles. The van der Waals surface area contributed by atoms with E-state index < -0.39 is 5.82 Å². The molecule has 1 atom stereocenters. The zero-order valence-corrected chi connectivity index (χ0v) is 13.4. The van der Waals surface area contributed by atoms with E-state index in [1.807, 2.05) is 28.8 Å². The summed E-state index contributed by atoms with van der Waals surface area (Å²) in [7, 11) is 0. The molecule has 1 fully saturated rings. The third kappa shape index (κ3) is 2.43. The van der Waals surface area contributed by atoms with E-state index in [1.54, 1.807) is 4.90 Å². The highest BCUT2D eigenvalue weighted by atomic mass is 35.5. The third-order valence-electron chi connectivity index (χ3n) is 4.31. The van der Waals surface area contributed by atoms with Crippen LogP contribution in [-0.2, 0) is 0 Å². The lowest BCUT2D eigenvalue weighted by Crippen LogP contribution is -2.32. The van der Waals surface area contributed by atoms with Gasteiger partial charge in [0.2, 0.25) is 0 Å². The fraction of sp³-hybridized carbons (Fsp3) is 0.235. The van der Waals surface area contributed by atoms with Gasteiger partial charge in [-0.05, 0) is 43.2 Å². The first-order valence-corrected chi connectivity index (χ1v) is 8.08. The van der Waals surface area contributed by atoms with Crippen molar-refractivity contribution in [1.29, 1.82) is 0 Å². The van der Waals surface area contributed by atoms with E-state index in [0.717, 1.165) is 18.5 Å². The molecule has 122 valence electrons. The SMILES string of the molecule is O=C(c1cc(Cl)ccc1F)N1CCC[C@@H]1c1nnc2ccccn12. The Kier molecular flexibility index (Phi) is 3.69. The van der Waals surface area contributed by atoms with Gasteiger partial charge in [-0.3, -0.25) is 9.20 Å². The van der Waals surface area contributed by atoms with Gasteiger partial charge in [0, 0.05) is 17.8 Å². The van der Waals surface area contributed by atoms with E-state index in [4.69, 9.17) is 11.6 Å². The summed E-state index contributed by atoms with van der Waals surface area (Å²) in [4.78, 5) is 14.5. The molecule has 0 bridgehead atoms. The fourth-order valence-electron chi connectivity index (χ4n) is 3.18. The predicted molar refractivity (Wildman–Crippen MR) is 87.4 cm³/mol. The zero-order chi connectivity index (χ0) is 16.7. The fourth-order valence-corrected chi connectivity index (χ4v) is 3.35. The maximum Gasteiger partial charge on any atom is 0.257 e. The Labute approximate surface area is 142 Å². The number of carbonyl (C=O) groups excluding carboxylic acids is 1. The van der Waals surface area contributed by atoms with Crippen LogP contribution in [0.3, 0.4) is 0 Å². The highest BCUT2D eigenvalue weighted by Gasteiger charge is 2.34. The summed E-state index contributed by atoms with van der Waals surface area (Å²) in [6.45, 7) is 0.553. The molecule has 0 N–H and O–H groups in total.